The van der Waals surface area contributed by atoms with Gasteiger partial charge in [-0.2, -0.15) is 9.61 Å². The van der Waals surface area contributed by atoms with Gasteiger partial charge in [0.15, 0.2) is 10.8 Å². The van der Waals surface area contributed by atoms with E-state index in [2.05, 4.69) is 60.3 Å². The first-order chi connectivity index (χ1) is 13.0. The van der Waals surface area contributed by atoms with Crippen molar-refractivity contribution < 1.29 is 0 Å². The van der Waals surface area contributed by atoms with Gasteiger partial charge in [0.25, 0.3) is 0 Å². The Morgan fingerprint density at radius 1 is 0.963 bits per heavy atom. The zero-order valence-electron chi connectivity index (χ0n) is 15.5. The van der Waals surface area contributed by atoms with E-state index in [4.69, 9.17) is 4.98 Å². The van der Waals surface area contributed by atoms with Crippen molar-refractivity contribution in [3.05, 3.63) is 81.4 Å². The number of rotatable bonds is 4. The van der Waals surface area contributed by atoms with Gasteiger partial charge < -0.3 is 0 Å². The second-order valence-corrected chi connectivity index (χ2v) is 7.65. The summed E-state index contributed by atoms with van der Waals surface area (Å²) in [4.78, 5) is 20.0. The number of nitrogens with zero attached hydrogens (tertiary/aromatic N) is 3. The van der Waals surface area contributed by atoms with Crippen molar-refractivity contribution in [3.63, 3.8) is 0 Å². The van der Waals surface area contributed by atoms with E-state index < -0.39 is 0 Å². The number of thioether (sulfide) groups is 1. The van der Waals surface area contributed by atoms with Crippen LogP contribution in [0.2, 0.25) is 0 Å². The van der Waals surface area contributed by atoms with Crippen LogP contribution >= 0.6 is 11.8 Å². The molecule has 0 radical (unpaired) electrons. The molecule has 0 aliphatic rings. The molecule has 4 rings (SSSR count). The number of aromatic amines is 1. The molecule has 2 aromatic carbocycles. The van der Waals surface area contributed by atoms with Crippen molar-refractivity contribution in [2.75, 3.05) is 0 Å². The van der Waals surface area contributed by atoms with Gasteiger partial charge in [0, 0.05) is 11.3 Å². The molecule has 0 atom stereocenters. The molecule has 0 bridgehead atoms. The van der Waals surface area contributed by atoms with Crippen LogP contribution in [0.15, 0.2) is 58.5 Å². The number of hydrogen-bond acceptors (Lipinski definition) is 4. The van der Waals surface area contributed by atoms with Crippen LogP contribution in [0.1, 0.15) is 22.4 Å². The van der Waals surface area contributed by atoms with Gasteiger partial charge in [-0.3, -0.25) is 4.98 Å². The lowest BCUT2D eigenvalue weighted by Gasteiger charge is -2.04. The Bertz CT molecular complexity index is 1160. The van der Waals surface area contributed by atoms with Gasteiger partial charge in [0.2, 0.25) is 0 Å². The summed E-state index contributed by atoms with van der Waals surface area (Å²) < 4.78 is 1.35. The Kier molecular flexibility index (Phi) is 4.58. The first kappa shape index (κ1) is 17.5. The summed E-state index contributed by atoms with van der Waals surface area (Å²) in [6.45, 7) is 6.02. The normalized spacial score (nSPS) is 11.2. The van der Waals surface area contributed by atoms with Crippen LogP contribution in [-0.2, 0) is 5.75 Å². The van der Waals surface area contributed by atoms with Crippen LogP contribution < -0.4 is 5.69 Å². The summed E-state index contributed by atoms with van der Waals surface area (Å²) in [6, 6.07) is 16.6. The van der Waals surface area contributed by atoms with Crippen LogP contribution in [-0.4, -0.2) is 19.6 Å². The molecule has 0 spiro atoms. The van der Waals surface area contributed by atoms with Crippen molar-refractivity contribution in [2.24, 2.45) is 0 Å². The van der Waals surface area contributed by atoms with Gasteiger partial charge >= 0.3 is 5.69 Å². The van der Waals surface area contributed by atoms with Gasteiger partial charge in [-0.1, -0.05) is 71.4 Å². The predicted octanol–water partition coefficient (Wildman–Crippen LogP) is 4.30. The standard InChI is InChI=1S/C21H20N4OS/c1-13-4-8-16(9-5-13)12-27-20-22-19-18(17-10-6-14(2)7-11-17)15(3)24-25(19)21(26)23-20/h4-11H,12H2,1-3H3,(H,22,23,26). The maximum atomic E-state index is 12.5. The van der Waals surface area contributed by atoms with Crippen LogP contribution in [0.5, 0.6) is 0 Å². The lowest BCUT2D eigenvalue weighted by molar-refractivity contribution is 0.780. The molecule has 27 heavy (non-hydrogen) atoms. The molecule has 0 saturated heterocycles. The Balaban J connectivity index is 1.73. The SMILES string of the molecule is Cc1ccc(CSc2nc3c(-c4ccc(C)cc4)c(C)nn3c(=O)[nH]2)cc1. The average molecular weight is 376 g/mol. The van der Waals surface area contributed by atoms with E-state index in [0.29, 0.717) is 10.8 Å². The zero-order chi connectivity index (χ0) is 19.0. The number of H-pyrrole nitrogens is 1. The topological polar surface area (TPSA) is 63.1 Å². The van der Waals surface area contributed by atoms with Crippen LogP contribution in [0, 0.1) is 20.8 Å². The second kappa shape index (κ2) is 7.04. The maximum Gasteiger partial charge on any atom is 0.350 e. The van der Waals surface area contributed by atoms with Gasteiger partial charge in [0.05, 0.1) is 5.69 Å². The van der Waals surface area contributed by atoms with E-state index in [1.165, 1.54) is 33.0 Å². The van der Waals surface area contributed by atoms with Crippen molar-refractivity contribution in [3.8, 4) is 11.1 Å². The largest absolute Gasteiger partial charge is 0.350 e. The van der Waals surface area contributed by atoms with Crippen molar-refractivity contribution in [1.82, 2.24) is 19.6 Å². The highest BCUT2D eigenvalue weighted by Crippen LogP contribution is 2.28. The second-order valence-electron chi connectivity index (χ2n) is 6.68. The summed E-state index contributed by atoms with van der Waals surface area (Å²) in [5.41, 5.74) is 6.63. The Morgan fingerprint density at radius 2 is 1.59 bits per heavy atom. The Labute approximate surface area is 161 Å². The molecule has 0 fully saturated rings. The van der Waals surface area contributed by atoms with Gasteiger partial charge in [-0.25, -0.2) is 9.78 Å². The van der Waals surface area contributed by atoms with Gasteiger partial charge in [0.1, 0.15) is 0 Å². The lowest BCUT2D eigenvalue weighted by atomic mass is 10.0. The molecule has 0 saturated carbocycles. The molecule has 0 aliphatic heterocycles. The third kappa shape index (κ3) is 3.53. The molecule has 4 aromatic rings. The van der Waals surface area contributed by atoms with Crippen LogP contribution in [0.25, 0.3) is 16.8 Å². The van der Waals surface area contributed by atoms with E-state index >= 15 is 0 Å². The molecule has 6 heteroatoms. The van der Waals surface area contributed by atoms with Gasteiger partial charge in [-0.15, -0.1) is 0 Å². The quantitative estimate of drug-likeness (QED) is 0.539. The molecule has 0 amide bonds. The van der Waals surface area contributed by atoms with Crippen molar-refractivity contribution >= 4 is 17.4 Å². The summed E-state index contributed by atoms with van der Waals surface area (Å²) in [7, 11) is 0. The average Bonchev–Trinajstić information content (AvgIpc) is 2.99. The zero-order valence-corrected chi connectivity index (χ0v) is 16.3. The fourth-order valence-electron chi connectivity index (χ4n) is 2.99. The highest BCUT2D eigenvalue weighted by Gasteiger charge is 2.16. The maximum absolute atomic E-state index is 12.5. The number of aryl methyl sites for hydroxylation is 3. The number of nitrogens with one attached hydrogen (secondary N) is 1. The van der Waals surface area contributed by atoms with E-state index in [-0.39, 0.29) is 5.69 Å². The molecular weight excluding hydrogens is 356 g/mol. The van der Waals surface area contributed by atoms with Crippen LogP contribution in [0.4, 0.5) is 0 Å². The van der Waals surface area contributed by atoms with Crippen LogP contribution in [0.3, 0.4) is 0 Å². The van der Waals surface area contributed by atoms with Crippen molar-refractivity contribution in [1.29, 1.82) is 0 Å². The number of aromatic nitrogens is 4. The molecule has 0 aliphatic carbocycles. The number of benzene rings is 2. The fraction of sp³-hybridized carbons (Fsp3) is 0.190. The van der Waals surface area contributed by atoms with E-state index in [1.54, 1.807) is 0 Å². The lowest BCUT2D eigenvalue weighted by Crippen LogP contribution is -2.19. The summed E-state index contributed by atoms with van der Waals surface area (Å²) in [5.74, 6) is 0.742. The molecule has 0 unspecified atom stereocenters. The minimum Gasteiger partial charge on any atom is -0.285 e. The first-order valence-electron chi connectivity index (χ1n) is 8.76. The highest BCUT2D eigenvalue weighted by molar-refractivity contribution is 7.98. The fourth-order valence-corrected chi connectivity index (χ4v) is 3.80. The molecule has 2 aromatic heterocycles. The van der Waals surface area contributed by atoms with E-state index in [9.17, 15) is 4.79 Å². The predicted molar refractivity (Wildman–Crippen MR) is 109 cm³/mol. The van der Waals surface area contributed by atoms with Crippen molar-refractivity contribution in [2.45, 2.75) is 31.7 Å². The molecule has 1 N–H and O–H groups in total. The smallest absolute Gasteiger partial charge is 0.285 e. The highest BCUT2D eigenvalue weighted by atomic mass is 32.2. The monoisotopic (exact) mass is 376 g/mol. The molecule has 136 valence electrons. The molecule has 2 heterocycles. The molecule has 5 nitrogen and oxygen atoms in total. The van der Waals surface area contributed by atoms with E-state index in [1.807, 2.05) is 19.1 Å². The first-order valence-corrected chi connectivity index (χ1v) is 9.75. The minimum atomic E-state index is -0.270. The number of hydrogen-bond donors (Lipinski definition) is 1. The Hall–Kier alpha value is -2.86. The third-order valence-electron chi connectivity index (χ3n) is 4.49. The van der Waals surface area contributed by atoms with E-state index in [0.717, 1.165) is 22.6 Å². The molecular formula is C21H20N4OS. The summed E-state index contributed by atoms with van der Waals surface area (Å²) in [5, 5.41) is 4.98. The summed E-state index contributed by atoms with van der Waals surface area (Å²) >= 11 is 1.52. The summed E-state index contributed by atoms with van der Waals surface area (Å²) in [6.07, 6.45) is 0. The third-order valence-corrected chi connectivity index (χ3v) is 5.43. The minimum absolute atomic E-state index is 0.270. The number of fused-ring (bicyclic) bond motifs is 1. The Morgan fingerprint density at radius 3 is 2.26 bits per heavy atom. The van der Waals surface area contributed by atoms with Gasteiger partial charge in [-0.05, 0) is 31.9 Å².